The van der Waals surface area contributed by atoms with E-state index in [0.717, 1.165) is 0 Å². The van der Waals surface area contributed by atoms with Crippen molar-refractivity contribution in [3.05, 3.63) is 30.1 Å². The number of carbonyl (C=O) groups is 2. The maximum atomic E-state index is 12.7. The minimum Gasteiger partial charge on any atom is -0.494 e. The molecule has 1 aromatic rings. The van der Waals surface area contributed by atoms with E-state index in [4.69, 9.17) is 14.2 Å². The lowest BCUT2D eigenvalue weighted by molar-refractivity contribution is -0.162. The first-order valence-corrected chi connectivity index (χ1v) is 7.30. The molecular weight excluding hydrogens is 291 g/mol. The first kappa shape index (κ1) is 17.9. The highest BCUT2D eigenvalue weighted by Crippen LogP contribution is 2.15. The molecule has 0 saturated heterocycles. The van der Waals surface area contributed by atoms with Gasteiger partial charge < -0.3 is 14.2 Å². The fourth-order valence-corrected chi connectivity index (χ4v) is 1.83. The molecule has 0 N–H and O–H groups in total. The molecule has 0 atom stereocenters. The van der Waals surface area contributed by atoms with Crippen LogP contribution >= 0.6 is 0 Å². The van der Waals surface area contributed by atoms with E-state index >= 15 is 0 Å². The minimum atomic E-state index is -0.934. The number of hydrogen-bond acceptors (Lipinski definition) is 5. The van der Waals surface area contributed by atoms with Gasteiger partial charge in [-0.3, -0.25) is 9.59 Å². The van der Waals surface area contributed by atoms with Crippen LogP contribution in [0.1, 0.15) is 26.7 Å². The van der Waals surface area contributed by atoms with Crippen molar-refractivity contribution in [2.45, 2.75) is 26.7 Å². The monoisotopic (exact) mass is 312 g/mol. The maximum absolute atomic E-state index is 12.7. The highest BCUT2D eigenvalue weighted by Gasteiger charge is 2.28. The molecule has 0 fully saturated rings. The molecule has 0 radical (unpaired) electrons. The fraction of sp³-hybridized carbons (Fsp3) is 0.500. The average molecular weight is 312 g/mol. The smallest absolute Gasteiger partial charge is 0.320 e. The summed E-state index contributed by atoms with van der Waals surface area (Å²) in [6.45, 7) is 4.08. The van der Waals surface area contributed by atoms with E-state index in [1.165, 1.54) is 24.3 Å². The Bertz CT molecular complexity index is 454. The topological polar surface area (TPSA) is 61.8 Å². The number of carbonyl (C=O) groups excluding carboxylic acids is 2. The SMILES string of the molecule is CCOC(=O)C(CCCOc1ccc(F)cc1)C(=O)OCC. The van der Waals surface area contributed by atoms with E-state index in [1.807, 2.05) is 0 Å². The lowest BCUT2D eigenvalue weighted by Gasteiger charge is -2.14. The van der Waals surface area contributed by atoms with Gasteiger partial charge in [0.1, 0.15) is 11.6 Å². The summed E-state index contributed by atoms with van der Waals surface area (Å²) in [5.41, 5.74) is 0. The molecule has 0 bridgehead atoms. The Balaban J connectivity index is 2.43. The summed E-state index contributed by atoms with van der Waals surface area (Å²) in [4.78, 5) is 23.5. The quantitative estimate of drug-likeness (QED) is 0.398. The third kappa shape index (κ3) is 6.11. The lowest BCUT2D eigenvalue weighted by Crippen LogP contribution is -2.28. The van der Waals surface area contributed by atoms with Gasteiger partial charge in [-0.1, -0.05) is 0 Å². The van der Waals surface area contributed by atoms with Gasteiger partial charge in [-0.25, -0.2) is 4.39 Å². The van der Waals surface area contributed by atoms with Gasteiger partial charge in [0, 0.05) is 0 Å². The third-order valence-corrected chi connectivity index (χ3v) is 2.86. The number of benzene rings is 1. The Morgan fingerprint density at radius 3 is 2.09 bits per heavy atom. The van der Waals surface area contributed by atoms with Crippen LogP contribution in [0, 0.1) is 11.7 Å². The van der Waals surface area contributed by atoms with Crippen LogP contribution in [0.4, 0.5) is 4.39 Å². The van der Waals surface area contributed by atoms with E-state index < -0.39 is 17.9 Å². The molecule has 6 heteroatoms. The molecule has 1 aromatic carbocycles. The van der Waals surface area contributed by atoms with Crippen LogP contribution < -0.4 is 4.74 Å². The van der Waals surface area contributed by atoms with Gasteiger partial charge in [0.05, 0.1) is 19.8 Å². The molecule has 0 aliphatic carbocycles. The normalized spacial score (nSPS) is 10.4. The second-order valence-corrected chi connectivity index (χ2v) is 4.50. The van der Waals surface area contributed by atoms with E-state index in [9.17, 15) is 14.0 Å². The van der Waals surface area contributed by atoms with Crippen molar-refractivity contribution in [2.24, 2.45) is 5.92 Å². The summed E-state index contributed by atoms with van der Waals surface area (Å²) in [6, 6.07) is 5.64. The molecule has 0 aromatic heterocycles. The Hall–Kier alpha value is -2.11. The van der Waals surface area contributed by atoms with Crippen molar-refractivity contribution in [1.82, 2.24) is 0 Å². The molecule has 122 valence electrons. The third-order valence-electron chi connectivity index (χ3n) is 2.86. The minimum absolute atomic E-state index is 0.209. The van der Waals surface area contributed by atoms with E-state index in [0.29, 0.717) is 18.8 Å². The second kappa shape index (κ2) is 9.76. The molecule has 22 heavy (non-hydrogen) atoms. The van der Waals surface area contributed by atoms with Crippen molar-refractivity contribution in [3.63, 3.8) is 0 Å². The van der Waals surface area contributed by atoms with Crippen molar-refractivity contribution in [3.8, 4) is 5.75 Å². The number of hydrogen-bond donors (Lipinski definition) is 0. The first-order chi connectivity index (χ1) is 10.6. The molecule has 0 unspecified atom stereocenters. The van der Waals surface area contributed by atoms with Crippen LogP contribution in [0.15, 0.2) is 24.3 Å². The molecule has 1 rings (SSSR count). The van der Waals surface area contributed by atoms with Crippen LogP contribution in [0.3, 0.4) is 0 Å². The van der Waals surface area contributed by atoms with Crippen molar-refractivity contribution in [1.29, 1.82) is 0 Å². The van der Waals surface area contributed by atoms with Gasteiger partial charge in [0.15, 0.2) is 5.92 Å². The summed E-state index contributed by atoms with van der Waals surface area (Å²) in [5, 5.41) is 0. The zero-order valence-corrected chi connectivity index (χ0v) is 12.8. The van der Waals surface area contributed by atoms with Crippen molar-refractivity contribution < 1.29 is 28.2 Å². The summed E-state index contributed by atoms with van der Waals surface area (Å²) in [7, 11) is 0. The zero-order valence-electron chi connectivity index (χ0n) is 12.8. The van der Waals surface area contributed by atoms with Crippen LogP contribution in [-0.4, -0.2) is 31.8 Å². The van der Waals surface area contributed by atoms with Crippen molar-refractivity contribution >= 4 is 11.9 Å². The highest BCUT2D eigenvalue weighted by atomic mass is 19.1. The predicted molar refractivity (Wildman–Crippen MR) is 77.9 cm³/mol. The van der Waals surface area contributed by atoms with Gasteiger partial charge in [-0.05, 0) is 51.0 Å². The number of rotatable bonds is 9. The molecule has 0 heterocycles. The summed E-state index contributed by atoms with van der Waals surface area (Å²) in [6.07, 6.45) is 0.749. The van der Waals surface area contributed by atoms with Gasteiger partial charge in [-0.2, -0.15) is 0 Å². The predicted octanol–water partition coefficient (Wildman–Crippen LogP) is 2.73. The average Bonchev–Trinajstić information content (AvgIpc) is 2.49. The molecular formula is C16H21FO5. The van der Waals surface area contributed by atoms with Crippen LogP contribution in [0.25, 0.3) is 0 Å². The molecule has 0 amide bonds. The molecule has 5 nitrogen and oxygen atoms in total. The van der Waals surface area contributed by atoms with Crippen LogP contribution in [-0.2, 0) is 19.1 Å². The van der Waals surface area contributed by atoms with Gasteiger partial charge >= 0.3 is 11.9 Å². The Kier molecular flexibility index (Phi) is 7.96. The Morgan fingerprint density at radius 1 is 1.05 bits per heavy atom. The molecule has 0 saturated carbocycles. The number of ether oxygens (including phenoxy) is 3. The standard InChI is InChI=1S/C16H21FO5/c1-3-20-15(18)14(16(19)21-4-2)6-5-11-22-13-9-7-12(17)8-10-13/h7-10,14H,3-6,11H2,1-2H3. The summed E-state index contributed by atoms with van der Waals surface area (Å²) in [5.74, 6) is -1.90. The molecule has 0 aliphatic heterocycles. The van der Waals surface area contributed by atoms with Crippen LogP contribution in [0.5, 0.6) is 5.75 Å². The molecule has 0 spiro atoms. The second-order valence-electron chi connectivity index (χ2n) is 4.50. The molecule has 0 aliphatic rings. The van der Waals surface area contributed by atoms with Crippen molar-refractivity contribution in [2.75, 3.05) is 19.8 Å². The first-order valence-electron chi connectivity index (χ1n) is 7.30. The van der Waals surface area contributed by atoms with Gasteiger partial charge in [-0.15, -0.1) is 0 Å². The maximum Gasteiger partial charge on any atom is 0.320 e. The Morgan fingerprint density at radius 2 is 1.59 bits per heavy atom. The lowest BCUT2D eigenvalue weighted by atomic mass is 10.0. The summed E-state index contributed by atoms with van der Waals surface area (Å²) >= 11 is 0. The fourth-order valence-electron chi connectivity index (χ4n) is 1.83. The largest absolute Gasteiger partial charge is 0.494 e. The van der Waals surface area contributed by atoms with E-state index in [2.05, 4.69) is 0 Å². The highest BCUT2D eigenvalue weighted by molar-refractivity contribution is 5.94. The van der Waals surface area contributed by atoms with E-state index in [1.54, 1.807) is 13.8 Å². The summed E-state index contributed by atoms with van der Waals surface area (Å²) < 4.78 is 27.9. The van der Waals surface area contributed by atoms with Gasteiger partial charge in [0.25, 0.3) is 0 Å². The Labute approximate surface area is 129 Å². The van der Waals surface area contributed by atoms with Crippen LogP contribution in [0.2, 0.25) is 0 Å². The van der Waals surface area contributed by atoms with E-state index in [-0.39, 0.29) is 25.5 Å². The van der Waals surface area contributed by atoms with Gasteiger partial charge in [0.2, 0.25) is 0 Å². The number of esters is 2. The number of halogens is 1. The zero-order chi connectivity index (χ0) is 16.4.